The molecule has 0 bridgehead atoms. The Kier molecular flexibility index (Phi) is 3.85. The van der Waals surface area contributed by atoms with Crippen molar-refractivity contribution in [1.29, 1.82) is 0 Å². The van der Waals surface area contributed by atoms with E-state index >= 15 is 0 Å². The molecular weight excluding hydrogens is 216 g/mol. The van der Waals surface area contributed by atoms with Crippen molar-refractivity contribution in [2.45, 2.75) is 31.8 Å². The number of carbonyl (C=O) groups excluding carboxylic acids is 1. The molecule has 1 aromatic carbocycles. The van der Waals surface area contributed by atoms with E-state index in [1.54, 1.807) is 7.11 Å². The molecule has 2 N–H and O–H groups in total. The average Bonchev–Trinajstić information content (AvgIpc) is 2.31. The molecule has 0 radical (unpaired) electrons. The van der Waals surface area contributed by atoms with E-state index in [0.717, 1.165) is 24.2 Å². The minimum Gasteiger partial charge on any atom is -0.496 e. The highest BCUT2D eigenvalue weighted by Gasteiger charge is 2.19. The largest absolute Gasteiger partial charge is 0.496 e. The van der Waals surface area contributed by atoms with Crippen LogP contribution in [-0.4, -0.2) is 19.2 Å². The molecule has 0 saturated heterocycles. The number of carbonyl (C=O) groups is 1. The van der Waals surface area contributed by atoms with Crippen molar-refractivity contribution in [2.24, 2.45) is 0 Å². The van der Waals surface area contributed by atoms with E-state index < -0.39 is 0 Å². The molecule has 1 aliphatic rings. The molecular formula is C13H18N2O2. The van der Waals surface area contributed by atoms with Crippen LogP contribution in [0.5, 0.6) is 5.75 Å². The molecule has 4 nitrogen and oxygen atoms in total. The van der Waals surface area contributed by atoms with Crippen LogP contribution in [0.4, 0.5) is 4.79 Å². The van der Waals surface area contributed by atoms with Crippen LogP contribution in [0.15, 0.2) is 24.3 Å². The summed E-state index contributed by atoms with van der Waals surface area (Å²) in [5, 5.41) is 5.78. The molecule has 1 aliphatic carbocycles. The number of nitrogens with one attached hydrogen (secondary N) is 2. The second-order valence-corrected chi connectivity index (χ2v) is 4.27. The summed E-state index contributed by atoms with van der Waals surface area (Å²) in [5.74, 6) is 0.802. The highest BCUT2D eigenvalue weighted by atomic mass is 16.5. The van der Waals surface area contributed by atoms with E-state index in [1.165, 1.54) is 6.42 Å². The Hall–Kier alpha value is -1.71. The van der Waals surface area contributed by atoms with Crippen LogP contribution >= 0.6 is 0 Å². The number of hydrogen-bond donors (Lipinski definition) is 2. The van der Waals surface area contributed by atoms with Gasteiger partial charge in [-0.25, -0.2) is 4.79 Å². The summed E-state index contributed by atoms with van der Waals surface area (Å²) in [6.07, 6.45) is 3.42. The third-order valence-corrected chi connectivity index (χ3v) is 3.07. The lowest BCUT2D eigenvalue weighted by molar-refractivity contribution is 0.228. The molecule has 0 unspecified atom stereocenters. The first-order chi connectivity index (χ1) is 8.29. The zero-order chi connectivity index (χ0) is 12.1. The Morgan fingerprint density at radius 3 is 2.82 bits per heavy atom. The summed E-state index contributed by atoms with van der Waals surface area (Å²) < 4.78 is 5.22. The SMILES string of the molecule is COc1ccccc1CNC(=O)NC1CCC1. The van der Waals surface area contributed by atoms with Gasteiger partial charge in [-0.3, -0.25) is 0 Å². The van der Waals surface area contributed by atoms with Crippen LogP contribution in [0.25, 0.3) is 0 Å². The van der Waals surface area contributed by atoms with Crippen LogP contribution in [0.1, 0.15) is 24.8 Å². The molecule has 2 rings (SSSR count). The first-order valence-corrected chi connectivity index (χ1v) is 5.96. The highest BCUT2D eigenvalue weighted by Crippen LogP contribution is 2.18. The molecule has 0 spiro atoms. The predicted octanol–water partition coefficient (Wildman–Crippen LogP) is 2.05. The van der Waals surface area contributed by atoms with Gasteiger partial charge in [-0.15, -0.1) is 0 Å². The van der Waals surface area contributed by atoms with Crippen LogP contribution in [-0.2, 0) is 6.54 Å². The third-order valence-electron chi connectivity index (χ3n) is 3.07. The molecule has 1 saturated carbocycles. The normalized spacial score (nSPS) is 14.9. The van der Waals surface area contributed by atoms with E-state index in [2.05, 4.69) is 10.6 Å². The fourth-order valence-electron chi connectivity index (χ4n) is 1.81. The summed E-state index contributed by atoms with van der Waals surface area (Å²) >= 11 is 0. The highest BCUT2D eigenvalue weighted by molar-refractivity contribution is 5.74. The van der Waals surface area contributed by atoms with Gasteiger partial charge < -0.3 is 15.4 Å². The number of amides is 2. The zero-order valence-electron chi connectivity index (χ0n) is 10.0. The summed E-state index contributed by atoms with van der Waals surface area (Å²) in [7, 11) is 1.63. The van der Waals surface area contributed by atoms with Crippen LogP contribution in [0.3, 0.4) is 0 Å². The topological polar surface area (TPSA) is 50.4 Å². The van der Waals surface area contributed by atoms with Gasteiger partial charge >= 0.3 is 6.03 Å². The fraction of sp³-hybridized carbons (Fsp3) is 0.462. The van der Waals surface area contributed by atoms with E-state index in [-0.39, 0.29) is 6.03 Å². The van der Waals surface area contributed by atoms with Crippen molar-refractivity contribution < 1.29 is 9.53 Å². The minimum atomic E-state index is -0.0967. The molecule has 0 heterocycles. The van der Waals surface area contributed by atoms with Crippen molar-refractivity contribution in [3.63, 3.8) is 0 Å². The predicted molar refractivity (Wildman–Crippen MR) is 66.0 cm³/mol. The van der Waals surface area contributed by atoms with Gasteiger partial charge in [-0.05, 0) is 25.3 Å². The van der Waals surface area contributed by atoms with Crippen molar-refractivity contribution in [2.75, 3.05) is 7.11 Å². The second kappa shape index (κ2) is 5.57. The molecule has 0 atom stereocenters. The first-order valence-electron chi connectivity index (χ1n) is 5.96. The summed E-state index contributed by atoms with van der Waals surface area (Å²) in [4.78, 5) is 11.6. The molecule has 0 aliphatic heterocycles. The smallest absolute Gasteiger partial charge is 0.315 e. The lowest BCUT2D eigenvalue weighted by atomic mass is 9.93. The van der Waals surface area contributed by atoms with Gasteiger partial charge in [-0.2, -0.15) is 0 Å². The molecule has 17 heavy (non-hydrogen) atoms. The second-order valence-electron chi connectivity index (χ2n) is 4.27. The lowest BCUT2D eigenvalue weighted by Gasteiger charge is -2.26. The van der Waals surface area contributed by atoms with Gasteiger partial charge in [-0.1, -0.05) is 18.2 Å². The summed E-state index contributed by atoms with van der Waals surface area (Å²) in [6, 6.07) is 7.96. The van der Waals surface area contributed by atoms with E-state index in [1.807, 2.05) is 24.3 Å². The molecule has 1 fully saturated rings. The van der Waals surface area contributed by atoms with E-state index in [0.29, 0.717) is 12.6 Å². The monoisotopic (exact) mass is 234 g/mol. The number of benzene rings is 1. The fourth-order valence-corrected chi connectivity index (χ4v) is 1.81. The molecule has 4 heteroatoms. The van der Waals surface area contributed by atoms with E-state index in [9.17, 15) is 4.79 Å². The number of methoxy groups -OCH3 is 1. The van der Waals surface area contributed by atoms with Gasteiger partial charge in [0, 0.05) is 18.2 Å². The van der Waals surface area contributed by atoms with Crippen molar-refractivity contribution >= 4 is 6.03 Å². The maximum atomic E-state index is 11.6. The molecule has 1 aromatic rings. The maximum absolute atomic E-state index is 11.6. The summed E-state index contributed by atoms with van der Waals surface area (Å²) in [6.45, 7) is 0.489. The average molecular weight is 234 g/mol. The number of rotatable bonds is 4. The van der Waals surface area contributed by atoms with Crippen LogP contribution < -0.4 is 15.4 Å². The molecule has 2 amide bonds. The van der Waals surface area contributed by atoms with Crippen LogP contribution in [0.2, 0.25) is 0 Å². The molecule has 0 aromatic heterocycles. The zero-order valence-corrected chi connectivity index (χ0v) is 10.0. The third kappa shape index (κ3) is 3.12. The first kappa shape index (κ1) is 11.8. The standard InChI is InChI=1S/C13H18N2O2/c1-17-12-8-3-2-5-10(12)9-14-13(16)15-11-6-4-7-11/h2-3,5,8,11H,4,6-7,9H2,1H3,(H2,14,15,16). The Labute approximate surface area is 101 Å². The minimum absolute atomic E-state index is 0.0967. The lowest BCUT2D eigenvalue weighted by Crippen LogP contribution is -2.44. The molecule has 92 valence electrons. The van der Waals surface area contributed by atoms with Crippen molar-refractivity contribution in [3.05, 3.63) is 29.8 Å². The Bertz CT molecular complexity index is 389. The number of ether oxygens (including phenoxy) is 1. The number of para-hydroxylation sites is 1. The van der Waals surface area contributed by atoms with Gasteiger partial charge in [0.25, 0.3) is 0 Å². The van der Waals surface area contributed by atoms with Crippen molar-refractivity contribution in [3.8, 4) is 5.75 Å². The van der Waals surface area contributed by atoms with Gasteiger partial charge in [0.1, 0.15) is 5.75 Å². The maximum Gasteiger partial charge on any atom is 0.315 e. The summed E-state index contributed by atoms with van der Waals surface area (Å²) in [5.41, 5.74) is 0.985. The number of hydrogen-bond acceptors (Lipinski definition) is 2. The van der Waals surface area contributed by atoms with E-state index in [4.69, 9.17) is 4.74 Å². The van der Waals surface area contributed by atoms with Gasteiger partial charge in [0.2, 0.25) is 0 Å². The Morgan fingerprint density at radius 1 is 1.41 bits per heavy atom. The van der Waals surface area contributed by atoms with Crippen LogP contribution in [0, 0.1) is 0 Å². The Morgan fingerprint density at radius 2 is 2.18 bits per heavy atom. The Balaban J connectivity index is 1.81. The van der Waals surface area contributed by atoms with Crippen molar-refractivity contribution in [1.82, 2.24) is 10.6 Å². The quantitative estimate of drug-likeness (QED) is 0.837. The number of urea groups is 1. The van der Waals surface area contributed by atoms with Gasteiger partial charge in [0.05, 0.1) is 7.11 Å². The van der Waals surface area contributed by atoms with Gasteiger partial charge in [0.15, 0.2) is 0 Å².